The lowest BCUT2D eigenvalue weighted by Crippen LogP contribution is -2.21. The number of ether oxygens (including phenoxy) is 1. The first-order valence-corrected chi connectivity index (χ1v) is 8.76. The number of nitriles is 1. The molecular formula is C19H15N3O3S. The van der Waals surface area contributed by atoms with Crippen molar-refractivity contribution in [2.24, 2.45) is 0 Å². The predicted molar refractivity (Wildman–Crippen MR) is 98.7 cm³/mol. The summed E-state index contributed by atoms with van der Waals surface area (Å²) in [6.45, 7) is -0.349. The smallest absolute Gasteiger partial charge is 0.306 e. The van der Waals surface area contributed by atoms with Crippen LogP contribution in [0.15, 0.2) is 48.5 Å². The van der Waals surface area contributed by atoms with E-state index in [0.29, 0.717) is 17.7 Å². The normalized spacial score (nSPS) is 10.3. The number of aryl methyl sites for hydroxylation is 1. The van der Waals surface area contributed by atoms with Gasteiger partial charge >= 0.3 is 5.97 Å². The number of aromatic nitrogens is 1. The zero-order chi connectivity index (χ0) is 18.4. The molecule has 2 aromatic carbocycles. The molecule has 0 spiro atoms. The van der Waals surface area contributed by atoms with Crippen molar-refractivity contribution < 1.29 is 14.3 Å². The van der Waals surface area contributed by atoms with Gasteiger partial charge in [-0.05, 0) is 36.4 Å². The zero-order valence-corrected chi connectivity index (χ0v) is 14.6. The molecule has 3 aromatic rings. The molecule has 0 radical (unpaired) electrons. The number of fused-ring (bicyclic) bond motifs is 1. The molecule has 0 saturated carbocycles. The number of nitrogens with one attached hydrogen (secondary N) is 1. The van der Waals surface area contributed by atoms with Crippen molar-refractivity contribution >= 4 is 39.1 Å². The summed E-state index contributed by atoms with van der Waals surface area (Å²) in [7, 11) is 0. The second kappa shape index (κ2) is 8.23. The highest BCUT2D eigenvalue weighted by Gasteiger charge is 2.10. The molecule has 1 amide bonds. The third-order valence-corrected chi connectivity index (χ3v) is 4.64. The van der Waals surface area contributed by atoms with E-state index in [0.717, 1.165) is 15.2 Å². The van der Waals surface area contributed by atoms with E-state index in [-0.39, 0.29) is 13.0 Å². The van der Waals surface area contributed by atoms with Gasteiger partial charge in [-0.2, -0.15) is 5.26 Å². The highest BCUT2D eigenvalue weighted by Crippen LogP contribution is 2.22. The predicted octanol–water partition coefficient (Wildman–Crippen LogP) is 3.28. The Balaban J connectivity index is 1.43. The summed E-state index contributed by atoms with van der Waals surface area (Å²) in [6.07, 6.45) is 0.652. The van der Waals surface area contributed by atoms with E-state index in [1.807, 2.05) is 30.3 Å². The molecule has 7 heteroatoms. The van der Waals surface area contributed by atoms with Crippen molar-refractivity contribution in [1.29, 1.82) is 5.26 Å². The third-order valence-electron chi connectivity index (χ3n) is 3.54. The number of anilines is 1. The number of carbonyl (C=O) groups excluding carboxylic acids is 2. The second-order valence-corrected chi connectivity index (χ2v) is 6.59. The third kappa shape index (κ3) is 4.65. The average Bonchev–Trinajstić information content (AvgIpc) is 3.08. The van der Waals surface area contributed by atoms with Gasteiger partial charge in [-0.25, -0.2) is 4.98 Å². The fourth-order valence-corrected chi connectivity index (χ4v) is 3.25. The number of rotatable bonds is 6. The lowest BCUT2D eigenvalue weighted by molar-refractivity contribution is -0.147. The number of hydrogen-bond acceptors (Lipinski definition) is 6. The molecule has 0 aliphatic carbocycles. The fraction of sp³-hybridized carbons (Fsp3) is 0.158. The zero-order valence-electron chi connectivity index (χ0n) is 13.8. The van der Waals surface area contributed by atoms with Crippen LogP contribution in [0.25, 0.3) is 10.2 Å². The maximum Gasteiger partial charge on any atom is 0.306 e. The highest BCUT2D eigenvalue weighted by atomic mass is 32.1. The van der Waals surface area contributed by atoms with E-state index in [1.165, 1.54) is 0 Å². The SMILES string of the molecule is N#Cc1ccc(NC(=O)COC(=O)CCc2nc3ccccc3s2)cc1. The Bertz CT molecular complexity index is 941. The Morgan fingerprint density at radius 1 is 1.15 bits per heavy atom. The van der Waals surface area contributed by atoms with E-state index in [4.69, 9.17) is 10.00 Å². The number of benzene rings is 2. The van der Waals surface area contributed by atoms with Crippen LogP contribution in [-0.2, 0) is 20.7 Å². The van der Waals surface area contributed by atoms with E-state index in [1.54, 1.807) is 35.6 Å². The van der Waals surface area contributed by atoms with E-state index >= 15 is 0 Å². The van der Waals surface area contributed by atoms with Crippen LogP contribution in [0.1, 0.15) is 17.0 Å². The number of esters is 1. The van der Waals surface area contributed by atoms with Gasteiger partial charge in [-0.1, -0.05) is 12.1 Å². The molecule has 1 aromatic heterocycles. The maximum atomic E-state index is 11.8. The molecular weight excluding hydrogens is 350 g/mol. The summed E-state index contributed by atoms with van der Waals surface area (Å²) in [5.41, 5.74) is 1.96. The fourth-order valence-electron chi connectivity index (χ4n) is 2.28. The minimum Gasteiger partial charge on any atom is -0.456 e. The molecule has 1 heterocycles. The van der Waals surface area contributed by atoms with Crippen molar-refractivity contribution in [3.05, 3.63) is 59.1 Å². The molecule has 0 fully saturated rings. The van der Waals surface area contributed by atoms with Crippen LogP contribution in [0.3, 0.4) is 0 Å². The Morgan fingerprint density at radius 2 is 1.92 bits per heavy atom. The van der Waals surface area contributed by atoms with E-state index < -0.39 is 11.9 Å². The van der Waals surface area contributed by atoms with Crippen LogP contribution < -0.4 is 5.32 Å². The highest BCUT2D eigenvalue weighted by molar-refractivity contribution is 7.18. The summed E-state index contributed by atoms with van der Waals surface area (Å²) in [4.78, 5) is 28.1. The van der Waals surface area contributed by atoms with Gasteiger partial charge < -0.3 is 10.1 Å². The molecule has 0 saturated heterocycles. The van der Waals surface area contributed by atoms with Crippen molar-refractivity contribution in [3.63, 3.8) is 0 Å². The van der Waals surface area contributed by atoms with Gasteiger partial charge in [0.05, 0.1) is 33.3 Å². The van der Waals surface area contributed by atoms with Gasteiger partial charge in [0.15, 0.2) is 6.61 Å². The monoisotopic (exact) mass is 365 g/mol. The van der Waals surface area contributed by atoms with Gasteiger partial charge in [0.25, 0.3) is 5.91 Å². The molecule has 26 heavy (non-hydrogen) atoms. The first kappa shape index (κ1) is 17.6. The Kier molecular flexibility index (Phi) is 5.56. The van der Waals surface area contributed by atoms with Gasteiger partial charge in [-0.3, -0.25) is 9.59 Å². The molecule has 0 bridgehead atoms. The molecule has 0 aliphatic rings. The Hall–Kier alpha value is -3.24. The minimum atomic E-state index is -0.445. The standard InChI is InChI=1S/C19H15N3O3S/c20-11-13-5-7-14(8-6-13)21-17(23)12-25-19(24)10-9-18-22-15-3-1-2-4-16(15)26-18/h1-8H,9-10,12H2,(H,21,23). The summed E-state index contributed by atoms with van der Waals surface area (Å²) in [5.74, 6) is -0.873. The van der Waals surface area contributed by atoms with Crippen LogP contribution in [-0.4, -0.2) is 23.5 Å². The van der Waals surface area contributed by atoms with Crippen LogP contribution in [0, 0.1) is 11.3 Å². The molecule has 130 valence electrons. The van der Waals surface area contributed by atoms with Gasteiger partial charge in [0.2, 0.25) is 0 Å². The largest absolute Gasteiger partial charge is 0.456 e. The molecule has 1 N–H and O–H groups in total. The van der Waals surface area contributed by atoms with Gasteiger partial charge in [0, 0.05) is 12.1 Å². The summed E-state index contributed by atoms with van der Waals surface area (Å²) >= 11 is 1.55. The lowest BCUT2D eigenvalue weighted by atomic mass is 10.2. The molecule has 0 aliphatic heterocycles. The van der Waals surface area contributed by atoms with Crippen LogP contribution in [0.4, 0.5) is 5.69 Å². The Labute approximate surface area is 154 Å². The summed E-state index contributed by atoms with van der Waals surface area (Å²) < 4.78 is 6.07. The topological polar surface area (TPSA) is 92.1 Å². The van der Waals surface area contributed by atoms with Crippen molar-refractivity contribution in [1.82, 2.24) is 4.98 Å². The van der Waals surface area contributed by atoms with Gasteiger partial charge in [0.1, 0.15) is 0 Å². The van der Waals surface area contributed by atoms with E-state index in [2.05, 4.69) is 10.3 Å². The molecule has 0 unspecified atom stereocenters. The number of para-hydroxylation sites is 1. The quantitative estimate of drug-likeness (QED) is 0.677. The van der Waals surface area contributed by atoms with Crippen molar-refractivity contribution in [2.45, 2.75) is 12.8 Å². The molecule has 0 atom stereocenters. The number of hydrogen-bond donors (Lipinski definition) is 1. The number of nitrogens with zero attached hydrogens (tertiary/aromatic N) is 2. The van der Waals surface area contributed by atoms with Crippen molar-refractivity contribution in [3.8, 4) is 6.07 Å². The first-order chi connectivity index (χ1) is 12.6. The number of amides is 1. The van der Waals surface area contributed by atoms with Crippen LogP contribution in [0.5, 0.6) is 0 Å². The number of thiazole rings is 1. The van der Waals surface area contributed by atoms with Gasteiger partial charge in [-0.15, -0.1) is 11.3 Å². The number of carbonyl (C=O) groups is 2. The van der Waals surface area contributed by atoms with Crippen LogP contribution in [0.2, 0.25) is 0 Å². The maximum absolute atomic E-state index is 11.8. The molecule has 3 rings (SSSR count). The van der Waals surface area contributed by atoms with Crippen LogP contribution >= 0.6 is 11.3 Å². The van der Waals surface area contributed by atoms with E-state index in [9.17, 15) is 9.59 Å². The average molecular weight is 365 g/mol. The molecule has 6 nitrogen and oxygen atoms in total. The summed E-state index contributed by atoms with van der Waals surface area (Å²) in [5, 5.41) is 12.2. The first-order valence-electron chi connectivity index (χ1n) is 7.94. The van der Waals surface area contributed by atoms with Crippen molar-refractivity contribution in [2.75, 3.05) is 11.9 Å². The Morgan fingerprint density at radius 3 is 2.65 bits per heavy atom. The summed E-state index contributed by atoms with van der Waals surface area (Å²) in [6, 6.07) is 16.2. The minimum absolute atomic E-state index is 0.171. The second-order valence-electron chi connectivity index (χ2n) is 5.47. The lowest BCUT2D eigenvalue weighted by Gasteiger charge is -2.06.